The molecule has 0 heterocycles. The van der Waals surface area contributed by atoms with Gasteiger partial charge in [-0.3, -0.25) is 0 Å². The maximum absolute atomic E-state index is 2.50. The average Bonchev–Trinajstić information content (AvgIpc) is 3.16. The predicted molar refractivity (Wildman–Crippen MR) is 245 cm³/mol. The van der Waals surface area contributed by atoms with E-state index in [9.17, 15) is 0 Å². The number of fused-ring (bicyclic) bond motifs is 5. The van der Waals surface area contributed by atoms with Crippen molar-refractivity contribution in [1.82, 2.24) is 0 Å². The van der Waals surface area contributed by atoms with E-state index in [-0.39, 0.29) is 0 Å². The first-order valence-electron chi connectivity index (χ1n) is 20.0. The number of anilines is 6. The molecule has 280 valence electrons. The van der Waals surface area contributed by atoms with Crippen LogP contribution in [-0.2, 0) is 0 Å². The van der Waals surface area contributed by atoms with Crippen LogP contribution >= 0.6 is 0 Å². The van der Waals surface area contributed by atoms with Crippen LogP contribution in [0, 0.1) is 83.1 Å². The molecule has 0 amide bonds. The van der Waals surface area contributed by atoms with Crippen LogP contribution < -0.4 is 9.80 Å². The van der Waals surface area contributed by atoms with Crippen molar-refractivity contribution in [3.63, 3.8) is 0 Å². The molecule has 2 nitrogen and oxygen atoms in total. The molecule has 56 heavy (non-hydrogen) atoms. The lowest BCUT2D eigenvalue weighted by molar-refractivity contribution is 1.21. The molecule has 8 aromatic rings. The van der Waals surface area contributed by atoms with Gasteiger partial charge in [-0.25, -0.2) is 0 Å². The zero-order valence-corrected chi connectivity index (χ0v) is 35.3. The van der Waals surface area contributed by atoms with Crippen LogP contribution in [-0.4, -0.2) is 0 Å². The highest BCUT2D eigenvalue weighted by Gasteiger charge is 2.24. The first-order valence-corrected chi connectivity index (χ1v) is 20.0. The summed E-state index contributed by atoms with van der Waals surface area (Å²) in [7, 11) is 0. The van der Waals surface area contributed by atoms with Crippen LogP contribution in [0.25, 0.3) is 32.3 Å². The zero-order chi connectivity index (χ0) is 39.7. The highest BCUT2D eigenvalue weighted by atomic mass is 15.2. The lowest BCUT2D eigenvalue weighted by Crippen LogP contribution is -2.13. The molecule has 0 saturated carbocycles. The Morgan fingerprint density at radius 1 is 0.250 bits per heavy atom. The second-order valence-electron chi connectivity index (χ2n) is 16.5. The molecule has 0 bridgehead atoms. The highest BCUT2D eigenvalue weighted by Crippen LogP contribution is 2.49. The Labute approximate surface area is 334 Å². The van der Waals surface area contributed by atoms with Crippen molar-refractivity contribution in [3.05, 3.63) is 176 Å². The molecule has 0 aliphatic heterocycles. The summed E-state index contributed by atoms with van der Waals surface area (Å²) in [6.07, 6.45) is 0. The van der Waals surface area contributed by atoms with E-state index in [1.165, 1.54) is 133 Å². The predicted octanol–water partition coefficient (Wildman–Crippen LogP) is 15.8. The van der Waals surface area contributed by atoms with Crippen molar-refractivity contribution in [2.24, 2.45) is 0 Å². The molecule has 2 heteroatoms. The van der Waals surface area contributed by atoms with Crippen LogP contribution in [0.4, 0.5) is 34.1 Å². The van der Waals surface area contributed by atoms with Gasteiger partial charge in [0.1, 0.15) is 0 Å². The van der Waals surface area contributed by atoms with Gasteiger partial charge < -0.3 is 9.80 Å². The number of nitrogens with zero attached hydrogens (tertiary/aromatic N) is 2. The summed E-state index contributed by atoms with van der Waals surface area (Å²) in [6, 6.07) is 42.1. The molecule has 0 aromatic heterocycles. The van der Waals surface area contributed by atoms with E-state index in [0.29, 0.717) is 0 Å². The molecule has 8 rings (SSSR count). The standard InChI is InChI=1S/C54H54N2/c1-31-17-19-43(21-33(31)3)55(45-23-37(7)41(11)38(8)24-45)53-30-51-49-27-35(5)36(6)28-52(49)54(29-50(51)47-15-13-14-16-48(47)53)56(44-20-18-32(2)34(4)22-44)46-25-39(9)42(12)40(10)26-46/h13-30H,1-12H3. The Balaban J connectivity index is 1.52. The summed E-state index contributed by atoms with van der Waals surface area (Å²) < 4.78 is 0. The first kappa shape index (κ1) is 37.1. The minimum atomic E-state index is 1.17. The largest absolute Gasteiger partial charge is 0.310 e. The summed E-state index contributed by atoms with van der Waals surface area (Å²) >= 11 is 0. The normalized spacial score (nSPS) is 11.6. The van der Waals surface area contributed by atoms with Crippen molar-refractivity contribution < 1.29 is 0 Å². The van der Waals surface area contributed by atoms with Gasteiger partial charge in [0.25, 0.3) is 0 Å². The Hall–Kier alpha value is -5.86. The van der Waals surface area contributed by atoms with E-state index in [4.69, 9.17) is 0 Å². The van der Waals surface area contributed by atoms with E-state index >= 15 is 0 Å². The smallest absolute Gasteiger partial charge is 0.0546 e. The first-order chi connectivity index (χ1) is 26.7. The van der Waals surface area contributed by atoms with Crippen molar-refractivity contribution in [3.8, 4) is 0 Å². The molecule has 0 N–H and O–H groups in total. The summed E-state index contributed by atoms with van der Waals surface area (Å²) in [6.45, 7) is 26.8. The van der Waals surface area contributed by atoms with Gasteiger partial charge in [0.2, 0.25) is 0 Å². The van der Waals surface area contributed by atoms with Gasteiger partial charge in [0, 0.05) is 33.5 Å². The van der Waals surface area contributed by atoms with Crippen molar-refractivity contribution in [2.75, 3.05) is 9.80 Å². The van der Waals surface area contributed by atoms with Crippen LogP contribution in [0.3, 0.4) is 0 Å². The molecule has 0 atom stereocenters. The fourth-order valence-corrected chi connectivity index (χ4v) is 8.46. The SMILES string of the molecule is Cc1ccc(N(c2cc(C)c(C)c(C)c2)c2cc3c4cc(C)c(C)cc4c(N(c4ccc(C)c(C)c4)c4cc(C)c(C)c(C)c4)cc3c3ccccc23)cc1C. The van der Waals surface area contributed by atoms with Crippen LogP contribution in [0.1, 0.15) is 66.8 Å². The summed E-state index contributed by atoms with van der Waals surface area (Å²) in [5, 5.41) is 7.48. The minimum absolute atomic E-state index is 1.17. The second kappa shape index (κ2) is 14.0. The zero-order valence-electron chi connectivity index (χ0n) is 35.3. The van der Waals surface area contributed by atoms with Gasteiger partial charge in [-0.1, -0.05) is 42.5 Å². The summed E-state index contributed by atoms with van der Waals surface area (Å²) in [4.78, 5) is 5.00. The number of rotatable bonds is 6. The van der Waals surface area contributed by atoms with Crippen LogP contribution in [0.5, 0.6) is 0 Å². The van der Waals surface area contributed by atoms with Gasteiger partial charge in [-0.05, 0) is 238 Å². The second-order valence-corrected chi connectivity index (χ2v) is 16.5. The lowest BCUT2D eigenvalue weighted by atomic mass is 9.91. The maximum Gasteiger partial charge on any atom is 0.0546 e. The van der Waals surface area contributed by atoms with E-state index in [2.05, 4.69) is 202 Å². The Morgan fingerprint density at radius 2 is 0.589 bits per heavy atom. The topological polar surface area (TPSA) is 6.48 Å². The van der Waals surface area contributed by atoms with E-state index in [1.807, 2.05) is 0 Å². The molecule has 0 aliphatic carbocycles. The molecular weight excluding hydrogens is 677 g/mol. The molecule has 8 aromatic carbocycles. The van der Waals surface area contributed by atoms with Gasteiger partial charge in [-0.2, -0.15) is 0 Å². The molecule has 0 spiro atoms. The molecule has 0 radical (unpaired) electrons. The molecular formula is C54H54N2. The fraction of sp³-hybridized carbons (Fsp3) is 0.222. The Kier molecular flexibility index (Phi) is 9.28. The summed E-state index contributed by atoms with van der Waals surface area (Å²) in [5.41, 5.74) is 22.7. The van der Waals surface area contributed by atoms with Crippen LogP contribution in [0.2, 0.25) is 0 Å². The summed E-state index contributed by atoms with van der Waals surface area (Å²) in [5.74, 6) is 0. The third-order valence-corrected chi connectivity index (χ3v) is 12.9. The number of hydrogen-bond acceptors (Lipinski definition) is 2. The molecule has 0 aliphatic rings. The van der Waals surface area contributed by atoms with Crippen LogP contribution in [0.15, 0.2) is 109 Å². The fourth-order valence-electron chi connectivity index (χ4n) is 8.46. The number of aryl methyl sites for hydroxylation is 10. The van der Waals surface area contributed by atoms with Gasteiger partial charge in [0.05, 0.1) is 11.4 Å². The monoisotopic (exact) mass is 730 g/mol. The number of hydrogen-bond donors (Lipinski definition) is 0. The van der Waals surface area contributed by atoms with Gasteiger partial charge >= 0.3 is 0 Å². The Morgan fingerprint density at radius 3 is 1.04 bits per heavy atom. The third-order valence-electron chi connectivity index (χ3n) is 12.9. The maximum atomic E-state index is 2.50. The van der Waals surface area contributed by atoms with E-state index < -0.39 is 0 Å². The van der Waals surface area contributed by atoms with E-state index in [1.54, 1.807) is 0 Å². The quantitative estimate of drug-likeness (QED) is 0.157. The van der Waals surface area contributed by atoms with Gasteiger partial charge in [0.15, 0.2) is 0 Å². The average molecular weight is 731 g/mol. The molecule has 0 fully saturated rings. The number of benzene rings is 8. The van der Waals surface area contributed by atoms with Gasteiger partial charge in [-0.15, -0.1) is 0 Å². The molecule has 0 saturated heterocycles. The minimum Gasteiger partial charge on any atom is -0.310 e. The highest BCUT2D eigenvalue weighted by molar-refractivity contribution is 6.24. The Bertz CT molecular complexity index is 2840. The lowest BCUT2D eigenvalue weighted by Gasteiger charge is -2.31. The van der Waals surface area contributed by atoms with Crippen molar-refractivity contribution >= 4 is 66.4 Å². The molecule has 0 unspecified atom stereocenters. The van der Waals surface area contributed by atoms with Crippen molar-refractivity contribution in [1.29, 1.82) is 0 Å². The van der Waals surface area contributed by atoms with Crippen molar-refractivity contribution in [2.45, 2.75) is 83.1 Å². The van der Waals surface area contributed by atoms with E-state index in [0.717, 1.165) is 0 Å². The third kappa shape index (κ3) is 6.22.